The Morgan fingerprint density at radius 2 is 1.94 bits per heavy atom. The third-order valence-corrected chi connectivity index (χ3v) is 4.79. The SMILES string of the molecule is CCC(CCN)CC(C)(CC(C)N)C1CCC1. The minimum atomic E-state index is 0.330. The van der Waals surface area contributed by atoms with Crippen LogP contribution in [0, 0.1) is 17.3 Å². The molecule has 3 unspecified atom stereocenters. The molecule has 1 saturated carbocycles. The molecule has 2 nitrogen and oxygen atoms in total. The second-order valence-corrected chi connectivity index (χ2v) is 6.52. The van der Waals surface area contributed by atoms with Gasteiger partial charge in [-0.25, -0.2) is 0 Å². The van der Waals surface area contributed by atoms with Crippen LogP contribution in [0.3, 0.4) is 0 Å². The van der Waals surface area contributed by atoms with Gasteiger partial charge in [0.1, 0.15) is 0 Å². The summed E-state index contributed by atoms with van der Waals surface area (Å²) in [4.78, 5) is 0. The van der Waals surface area contributed by atoms with Crippen molar-refractivity contribution < 1.29 is 0 Å². The van der Waals surface area contributed by atoms with E-state index in [-0.39, 0.29) is 0 Å². The van der Waals surface area contributed by atoms with Crippen molar-refractivity contribution in [2.75, 3.05) is 6.54 Å². The lowest BCUT2D eigenvalue weighted by Crippen LogP contribution is -2.39. The zero-order valence-electron chi connectivity index (χ0n) is 12.0. The first-order chi connectivity index (χ1) is 8.01. The molecular weight excluding hydrogens is 208 g/mol. The van der Waals surface area contributed by atoms with E-state index in [9.17, 15) is 0 Å². The van der Waals surface area contributed by atoms with Gasteiger partial charge in [0, 0.05) is 6.04 Å². The molecule has 4 N–H and O–H groups in total. The third-order valence-electron chi connectivity index (χ3n) is 4.79. The zero-order valence-corrected chi connectivity index (χ0v) is 12.0. The van der Waals surface area contributed by atoms with Crippen molar-refractivity contribution in [2.24, 2.45) is 28.7 Å². The Morgan fingerprint density at radius 1 is 1.29 bits per heavy atom. The number of rotatable bonds is 8. The van der Waals surface area contributed by atoms with Crippen LogP contribution in [0.5, 0.6) is 0 Å². The quantitative estimate of drug-likeness (QED) is 0.684. The summed E-state index contributed by atoms with van der Waals surface area (Å²) >= 11 is 0. The molecule has 0 radical (unpaired) electrons. The Bertz CT molecular complexity index is 211. The second kappa shape index (κ2) is 6.75. The number of hydrogen-bond donors (Lipinski definition) is 2. The Morgan fingerprint density at radius 3 is 2.29 bits per heavy atom. The lowest BCUT2D eigenvalue weighted by atomic mass is 9.60. The van der Waals surface area contributed by atoms with Crippen molar-refractivity contribution in [2.45, 2.75) is 71.8 Å². The first-order valence-corrected chi connectivity index (χ1v) is 7.47. The average molecular weight is 240 g/mol. The largest absolute Gasteiger partial charge is 0.330 e. The van der Waals surface area contributed by atoms with Gasteiger partial charge in [0.25, 0.3) is 0 Å². The van der Waals surface area contributed by atoms with Crippen molar-refractivity contribution in [3.05, 3.63) is 0 Å². The molecule has 3 atom stereocenters. The van der Waals surface area contributed by atoms with Crippen molar-refractivity contribution >= 4 is 0 Å². The molecule has 1 aliphatic rings. The van der Waals surface area contributed by atoms with Crippen molar-refractivity contribution in [3.63, 3.8) is 0 Å². The van der Waals surface area contributed by atoms with Crippen LogP contribution in [0.15, 0.2) is 0 Å². The van der Waals surface area contributed by atoms with Gasteiger partial charge in [0.15, 0.2) is 0 Å². The van der Waals surface area contributed by atoms with Crippen LogP contribution < -0.4 is 11.5 Å². The standard InChI is InChI=1S/C15H32N2/c1-4-13(8-9-16)11-15(3,10-12(2)17)14-6-5-7-14/h12-14H,4-11,16-17H2,1-3H3. The van der Waals surface area contributed by atoms with E-state index in [2.05, 4.69) is 20.8 Å². The van der Waals surface area contributed by atoms with Crippen LogP contribution in [-0.2, 0) is 0 Å². The van der Waals surface area contributed by atoms with Crippen LogP contribution in [0.25, 0.3) is 0 Å². The van der Waals surface area contributed by atoms with Crippen molar-refractivity contribution in [1.82, 2.24) is 0 Å². The topological polar surface area (TPSA) is 52.0 Å². The molecule has 1 aliphatic carbocycles. The lowest BCUT2D eigenvalue weighted by Gasteiger charge is -2.46. The summed E-state index contributed by atoms with van der Waals surface area (Å²) in [7, 11) is 0. The predicted octanol–water partition coefficient (Wildman–Crippen LogP) is 3.30. The van der Waals surface area contributed by atoms with E-state index in [0.29, 0.717) is 11.5 Å². The van der Waals surface area contributed by atoms with Gasteiger partial charge < -0.3 is 11.5 Å². The van der Waals surface area contributed by atoms with E-state index >= 15 is 0 Å². The van der Waals surface area contributed by atoms with Crippen LogP contribution in [0.4, 0.5) is 0 Å². The molecule has 0 aromatic heterocycles. The van der Waals surface area contributed by atoms with E-state index in [1.54, 1.807) is 0 Å². The van der Waals surface area contributed by atoms with Crippen LogP contribution in [-0.4, -0.2) is 12.6 Å². The van der Waals surface area contributed by atoms with E-state index < -0.39 is 0 Å². The summed E-state index contributed by atoms with van der Waals surface area (Å²) in [6.45, 7) is 7.75. The summed E-state index contributed by atoms with van der Waals surface area (Å²) in [5.74, 6) is 1.71. The number of nitrogens with two attached hydrogens (primary N) is 2. The molecule has 0 aliphatic heterocycles. The highest BCUT2D eigenvalue weighted by Crippen LogP contribution is 2.49. The molecule has 0 aromatic rings. The maximum atomic E-state index is 6.06. The monoisotopic (exact) mass is 240 g/mol. The second-order valence-electron chi connectivity index (χ2n) is 6.52. The van der Waals surface area contributed by atoms with Gasteiger partial charge in [-0.2, -0.15) is 0 Å². The van der Waals surface area contributed by atoms with Crippen LogP contribution in [0.2, 0.25) is 0 Å². The van der Waals surface area contributed by atoms with Gasteiger partial charge in [0.05, 0.1) is 0 Å². The molecule has 17 heavy (non-hydrogen) atoms. The van der Waals surface area contributed by atoms with Gasteiger partial charge in [-0.1, -0.05) is 26.7 Å². The summed E-state index contributed by atoms with van der Waals surface area (Å²) in [6.07, 6.45) is 9.21. The molecule has 0 aromatic carbocycles. The maximum Gasteiger partial charge on any atom is 0.00157 e. The molecule has 0 amide bonds. The normalized spacial score (nSPS) is 23.8. The van der Waals surface area contributed by atoms with E-state index in [1.807, 2.05) is 0 Å². The maximum absolute atomic E-state index is 6.06. The summed E-state index contributed by atoms with van der Waals surface area (Å²) in [6, 6.07) is 0.330. The Hall–Kier alpha value is -0.0800. The highest BCUT2D eigenvalue weighted by atomic mass is 14.6. The molecular formula is C15H32N2. The molecule has 0 saturated heterocycles. The van der Waals surface area contributed by atoms with Gasteiger partial charge in [0.2, 0.25) is 0 Å². The Labute approximate surface area is 108 Å². The molecule has 1 rings (SSSR count). The molecule has 2 heteroatoms. The van der Waals surface area contributed by atoms with Gasteiger partial charge in [-0.3, -0.25) is 0 Å². The van der Waals surface area contributed by atoms with Crippen molar-refractivity contribution in [3.8, 4) is 0 Å². The summed E-state index contributed by atoms with van der Waals surface area (Å²) < 4.78 is 0. The smallest absolute Gasteiger partial charge is 0.00157 e. The Kier molecular flexibility index (Phi) is 5.94. The van der Waals surface area contributed by atoms with Crippen molar-refractivity contribution in [1.29, 1.82) is 0 Å². The molecule has 0 heterocycles. The van der Waals surface area contributed by atoms with E-state index in [4.69, 9.17) is 11.5 Å². The third kappa shape index (κ3) is 4.26. The summed E-state index contributed by atoms with van der Waals surface area (Å²) in [5.41, 5.74) is 12.2. The molecule has 0 spiro atoms. The number of hydrogen-bond acceptors (Lipinski definition) is 2. The fraction of sp³-hybridized carbons (Fsp3) is 1.00. The van der Waals surface area contributed by atoms with E-state index in [1.165, 1.54) is 44.9 Å². The van der Waals surface area contributed by atoms with Gasteiger partial charge in [-0.05, 0) is 62.8 Å². The zero-order chi connectivity index (χ0) is 12.9. The highest BCUT2D eigenvalue weighted by Gasteiger charge is 2.39. The minimum Gasteiger partial charge on any atom is -0.330 e. The highest BCUT2D eigenvalue weighted by molar-refractivity contribution is 4.90. The molecule has 1 fully saturated rings. The first-order valence-electron chi connectivity index (χ1n) is 7.47. The van der Waals surface area contributed by atoms with Gasteiger partial charge >= 0.3 is 0 Å². The fourth-order valence-corrected chi connectivity index (χ4v) is 3.60. The predicted molar refractivity (Wildman–Crippen MR) is 75.8 cm³/mol. The first kappa shape index (κ1) is 15.0. The minimum absolute atomic E-state index is 0.330. The lowest BCUT2D eigenvalue weighted by molar-refractivity contribution is 0.0552. The fourth-order valence-electron chi connectivity index (χ4n) is 3.60. The Balaban J connectivity index is 2.60. The van der Waals surface area contributed by atoms with Crippen LogP contribution >= 0.6 is 0 Å². The van der Waals surface area contributed by atoms with E-state index in [0.717, 1.165) is 18.4 Å². The molecule has 102 valence electrons. The summed E-state index contributed by atoms with van der Waals surface area (Å²) in [5, 5.41) is 0. The van der Waals surface area contributed by atoms with Gasteiger partial charge in [-0.15, -0.1) is 0 Å². The molecule has 0 bridgehead atoms. The average Bonchev–Trinajstić information content (AvgIpc) is 2.12. The van der Waals surface area contributed by atoms with Crippen LogP contribution in [0.1, 0.15) is 65.7 Å².